The average molecular weight is 308 g/mol. The molecule has 0 radical (unpaired) electrons. The van der Waals surface area contributed by atoms with Gasteiger partial charge in [0, 0.05) is 6.04 Å². The fourth-order valence-electron chi connectivity index (χ4n) is 2.23. The maximum absolute atomic E-state index is 13.5. The topological polar surface area (TPSA) is 41.1 Å². The van der Waals surface area contributed by atoms with Gasteiger partial charge in [0.1, 0.15) is 5.56 Å². The minimum absolute atomic E-state index is 0.373. The Kier molecular flexibility index (Phi) is 4.76. The van der Waals surface area contributed by atoms with Crippen molar-refractivity contribution in [3.05, 3.63) is 34.6 Å². The van der Waals surface area contributed by atoms with Crippen molar-refractivity contribution < 1.29 is 26.7 Å². The van der Waals surface area contributed by atoms with Crippen molar-refractivity contribution in [3.8, 4) is 0 Å². The highest BCUT2D eigenvalue weighted by Crippen LogP contribution is 2.23. The van der Waals surface area contributed by atoms with Gasteiger partial charge >= 0.3 is 0 Å². The second-order valence-corrected chi connectivity index (χ2v) is 4.80. The highest BCUT2D eigenvalue weighted by Gasteiger charge is 2.30. The minimum Gasteiger partial charge on any atom is -0.349 e. The molecule has 1 aromatic carbocycles. The maximum atomic E-state index is 13.5. The Bertz CT molecular complexity index is 527. The van der Waals surface area contributed by atoms with Crippen LogP contribution in [0, 0.1) is 29.1 Å². The van der Waals surface area contributed by atoms with Crippen molar-refractivity contribution in [1.82, 2.24) is 10.6 Å². The molecule has 0 saturated carbocycles. The molecule has 1 atom stereocenters. The van der Waals surface area contributed by atoms with E-state index in [-0.39, 0.29) is 6.04 Å². The highest BCUT2D eigenvalue weighted by molar-refractivity contribution is 5.95. The van der Waals surface area contributed by atoms with Crippen LogP contribution in [0.5, 0.6) is 0 Å². The molecule has 1 aromatic rings. The first kappa shape index (κ1) is 15.7. The van der Waals surface area contributed by atoms with Crippen molar-refractivity contribution in [2.75, 3.05) is 13.1 Å². The summed E-state index contributed by atoms with van der Waals surface area (Å²) in [5.74, 6) is -12.1. The Balaban J connectivity index is 2.27. The summed E-state index contributed by atoms with van der Waals surface area (Å²) in [5.41, 5.74) is -1.44. The van der Waals surface area contributed by atoms with E-state index in [4.69, 9.17) is 0 Å². The Hall–Kier alpha value is -1.70. The predicted molar refractivity (Wildman–Crippen MR) is 64.2 cm³/mol. The van der Waals surface area contributed by atoms with Crippen LogP contribution in [0.2, 0.25) is 0 Å². The summed E-state index contributed by atoms with van der Waals surface area (Å²) < 4.78 is 66.0. The third-order valence-corrected chi connectivity index (χ3v) is 3.35. The summed E-state index contributed by atoms with van der Waals surface area (Å²) in [7, 11) is 0. The average Bonchev–Trinajstić information content (AvgIpc) is 2.72. The summed E-state index contributed by atoms with van der Waals surface area (Å²) in [4.78, 5) is 11.8. The molecule has 2 N–H and O–H groups in total. The predicted octanol–water partition coefficient (Wildman–Crippen LogP) is 2.25. The van der Waals surface area contributed by atoms with Gasteiger partial charge in [0.2, 0.25) is 5.82 Å². The SMILES string of the molecule is O=C(NC1CCCNCC1)c1c(F)c(F)c(F)c(F)c1F. The van der Waals surface area contributed by atoms with Crippen LogP contribution in [0.4, 0.5) is 22.0 Å². The smallest absolute Gasteiger partial charge is 0.257 e. The molecule has 1 saturated heterocycles. The molecule has 0 aromatic heterocycles. The first-order chi connectivity index (χ1) is 9.93. The lowest BCUT2D eigenvalue weighted by Gasteiger charge is -2.16. The van der Waals surface area contributed by atoms with E-state index in [1.54, 1.807) is 0 Å². The van der Waals surface area contributed by atoms with Crippen LogP contribution in [0.1, 0.15) is 29.6 Å². The molecular formula is C13H13F5N2O. The van der Waals surface area contributed by atoms with Crippen molar-refractivity contribution in [2.24, 2.45) is 0 Å². The number of amides is 1. The third-order valence-electron chi connectivity index (χ3n) is 3.35. The normalized spacial score (nSPS) is 19.2. The number of halogens is 5. The largest absolute Gasteiger partial charge is 0.349 e. The molecule has 0 spiro atoms. The van der Waals surface area contributed by atoms with Crippen LogP contribution < -0.4 is 10.6 Å². The van der Waals surface area contributed by atoms with E-state index >= 15 is 0 Å². The van der Waals surface area contributed by atoms with E-state index in [2.05, 4.69) is 10.6 Å². The lowest BCUT2D eigenvalue weighted by atomic mass is 10.1. The fraction of sp³-hybridized carbons (Fsp3) is 0.462. The standard InChI is InChI=1S/C13H13F5N2O/c14-8-7(9(15)11(17)12(18)10(8)16)13(21)20-6-2-1-4-19-5-3-6/h6,19H,1-5H2,(H,20,21). The molecule has 21 heavy (non-hydrogen) atoms. The number of nitrogens with one attached hydrogen (secondary N) is 2. The first-order valence-corrected chi connectivity index (χ1v) is 6.46. The van der Waals surface area contributed by atoms with E-state index in [9.17, 15) is 26.7 Å². The maximum Gasteiger partial charge on any atom is 0.257 e. The zero-order valence-electron chi connectivity index (χ0n) is 10.9. The zero-order chi connectivity index (χ0) is 15.6. The molecule has 1 unspecified atom stereocenters. The Morgan fingerprint density at radius 1 is 0.905 bits per heavy atom. The lowest BCUT2D eigenvalue weighted by molar-refractivity contribution is 0.0922. The van der Waals surface area contributed by atoms with Crippen LogP contribution in [-0.2, 0) is 0 Å². The summed E-state index contributed by atoms with van der Waals surface area (Å²) >= 11 is 0. The van der Waals surface area contributed by atoms with Crippen molar-refractivity contribution in [1.29, 1.82) is 0 Å². The van der Waals surface area contributed by atoms with Crippen LogP contribution in [0.15, 0.2) is 0 Å². The lowest BCUT2D eigenvalue weighted by Crippen LogP contribution is -2.36. The van der Waals surface area contributed by atoms with Crippen molar-refractivity contribution in [2.45, 2.75) is 25.3 Å². The van der Waals surface area contributed by atoms with Gasteiger partial charge in [-0.05, 0) is 32.4 Å². The molecular weight excluding hydrogens is 295 g/mol. The Morgan fingerprint density at radius 2 is 1.48 bits per heavy atom. The van der Waals surface area contributed by atoms with Gasteiger partial charge in [-0.15, -0.1) is 0 Å². The van der Waals surface area contributed by atoms with Crippen LogP contribution in [0.3, 0.4) is 0 Å². The van der Waals surface area contributed by atoms with Gasteiger partial charge in [0.15, 0.2) is 23.3 Å². The molecule has 0 aliphatic carbocycles. The molecule has 1 amide bonds. The Labute approximate surface area is 117 Å². The monoisotopic (exact) mass is 308 g/mol. The number of benzene rings is 1. The van der Waals surface area contributed by atoms with Crippen molar-refractivity contribution in [3.63, 3.8) is 0 Å². The van der Waals surface area contributed by atoms with E-state index in [1.807, 2.05) is 0 Å². The molecule has 116 valence electrons. The van der Waals surface area contributed by atoms with Gasteiger partial charge in [0.25, 0.3) is 5.91 Å². The summed E-state index contributed by atoms with van der Waals surface area (Å²) in [6, 6.07) is -0.373. The van der Waals surface area contributed by atoms with E-state index < -0.39 is 40.6 Å². The quantitative estimate of drug-likeness (QED) is 0.500. The third kappa shape index (κ3) is 3.15. The first-order valence-electron chi connectivity index (χ1n) is 6.46. The van der Waals surface area contributed by atoms with Gasteiger partial charge in [-0.1, -0.05) is 0 Å². The second-order valence-electron chi connectivity index (χ2n) is 4.80. The van der Waals surface area contributed by atoms with Crippen molar-refractivity contribution >= 4 is 5.91 Å². The van der Waals surface area contributed by atoms with Crippen LogP contribution in [-0.4, -0.2) is 25.0 Å². The molecule has 1 aliphatic rings. The van der Waals surface area contributed by atoms with Gasteiger partial charge in [-0.25, -0.2) is 22.0 Å². The molecule has 2 rings (SSSR count). The number of carbonyl (C=O) groups excluding carboxylic acids is 1. The number of rotatable bonds is 2. The molecule has 3 nitrogen and oxygen atoms in total. The highest BCUT2D eigenvalue weighted by atomic mass is 19.2. The Morgan fingerprint density at radius 3 is 2.10 bits per heavy atom. The summed E-state index contributed by atoms with van der Waals surface area (Å²) in [6.45, 7) is 1.34. The number of hydrogen-bond donors (Lipinski definition) is 2. The van der Waals surface area contributed by atoms with E-state index in [0.29, 0.717) is 19.4 Å². The summed E-state index contributed by atoms with van der Waals surface area (Å²) in [5, 5.41) is 5.39. The number of hydrogen-bond acceptors (Lipinski definition) is 2. The fourth-order valence-corrected chi connectivity index (χ4v) is 2.23. The van der Waals surface area contributed by atoms with Gasteiger partial charge in [0.05, 0.1) is 0 Å². The van der Waals surface area contributed by atoms with E-state index in [1.165, 1.54) is 0 Å². The van der Waals surface area contributed by atoms with E-state index in [0.717, 1.165) is 13.0 Å². The van der Waals surface area contributed by atoms with Gasteiger partial charge < -0.3 is 10.6 Å². The molecule has 1 aliphatic heterocycles. The molecule has 1 heterocycles. The molecule has 0 bridgehead atoms. The second kappa shape index (κ2) is 6.38. The van der Waals surface area contributed by atoms with Gasteiger partial charge in [-0.3, -0.25) is 4.79 Å². The summed E-state index contributed by atoms with van der Waals surface area (Å²) in [6.07, 6.45) is 1.82. The molecule has 1 fully saturated rings. The number of carbonyl (C=O) groups is 1. The van der Waals surface area contributed by atoms with Gasteiger partial charge in [-0.2, -0.15) is 0 Å². The van der Waals surface area contributed by atoms with Crippen LogP contribution in [0.25, 0.3) is 0 Å². The molecule has 8 heteroatoms. The van der Waals surface area contributed by atoms with Crippen LogP contribution >= 0.6 is 0 Å². The zero-order valence-corrected chi connectivity index (χ0v) is 10.9. The minimum atomic E-state index is -2.28.